The second-order valence-electron chi connectivity index (χ2n) is 7.27. The molecular formula is C24H22N4O3. The molecule has 1 aliphatic heterocycles. The minimum Gasteiger partial charge on any atom is -0.348 e. The average Bonchev–Trinajstić information content (AvgIpc) is 3.24. The van der Waals surface area contributed by atoms with Gasteiger partial charge in [0, 0.05) is 54.4 Å². The van der Waals surface area contributed by atoms with E-state index in [1.807, 2.05) is 24.3 Å². The number of nitrogens with zero attached hydrogens (tertiary/aromatic N) is 2. The van der Waals surface area contributed by atoms with Gasteiger partial charge in [0.15, 0.2) is 0 Å². The lowest BCUT2D eigenvalue weighted by Crippen LogP contribution is -2.25. The van der Waals surface area contributed by atoms with E-state index < -0.39 is 0 Å². The maximum absolute atomic E-state index is 12.6. The van der Waals surface area contributed by atoms with Crippen LogP contribution in [-0.2, 0) is 11.3 Å². The van der Waals surface area contributed by atoms with Crippen molar-refractivity contribution in [3.63, 3.8) is 0 Å². The van der Waals surface area contributed by atoms with Crippen LogP contribution in [0, 0.1) is 0 Å². The lowest BCUT2D eigenvalue weighted by atomic mass is 10.1. The third-order valence-electron chi connectivity index (χ3n) is 5.07. The zero-order valence-electron chi connectivity index (χ0n) is 16.9. The van der Waals surface area contributed by atoms with Crippen molar-refractivity contribution in [2.24, 2.45) is 0 Å². The molecule has 7 heteroatoms. The number of hydrogen-bond acceptors (Lipinski definition) is 4. The van der Waals surface area contributed by atoms with Crippen molar-refractivity contribution in [3.05, 3.63) is 89.7 Å². The van der Waals surface area contributed by atoms with Crippen LogP contribution in [0.4, 0.5) is 11.4 Å². The predicted molar refractivity (Wildman–Crippen MR) is 118 cm³/mol. The number of pyridine rings is 1. The van der Waals surface area contributed by atoms with Crippen LogP contribution in [-0.4, -0.2) is 29.3 Å². The summed E-state index contributed by atoms with van der Waals surface area (Å²) in [6.07, 6.45) is 4.51. The molecule has 3 aromatic rings. The number of amides is 3. The molecule has 0 saturated carbocycles. The van der Waals surface area contributed by atoms with Crippen molar-refractivity contribution in [2.75, 3.05) is 16.8 Å². The van der Waals surface area contributed by atoms with Gasteiger partial charge in [0.2, 0.25) is 5.91 Å². The van der Waals surface area contributed by atoms with Gasteiger partial charge in [-0.3, -0.25) is 19.4 Å². The van der Waals surface area contributed by atoms with Gasteiger partial charge in [-0.25, -0.2) is 0 Å². The van der Waals surface area contributed by atoms with Crippen molar-refractivity contribution < 1.29 is 14.4 Å². The van der Waals surface area contributed by atoms with E-state index >= 15 is 0 Å². The van der Waals surface area contributed by atoms with Gasteiger partial charge < -0.3 is 15.5 Å². The summed E-state index contributed by atoms with van der Waals surface area (Å²) < 4.78 is 0. The molecular weight excluding hydrogens is 392 g/mol. The summed E-state index contributed by atoms with van der Waals surface area (Å²) in [7, 11) is 0. The normalized spacial score (nSPS) is 13.2. The summed E-state index contributed by atoms with van der Waals surface area (Å²) in [5.74, 6) is -0.361. The van der Waals surface area contributed by atoms with E-state index in [9.17, 15) is 14.4 Å². The van der Waals surface area contributed by atoms with E-state index in [2.05, 4.69) is 15.6 Å². The van der Waals surface area contributed by atoms with E-state index in [1.54, 1.807) is 53.7 Å². The van der Waals surface area contributed by atoms with Crippen molar-refractivity contribution >= 4 is 29.1 Å². The van der Waals surface area contributed by atoms with Crippen LogP contribution in [0.25, 0.3) is 0 Å². The lowest BCUT2D eigenvalue weighted by molar-refractivity contribution is -0.117. The number of hydrogen-bond donors (Lipinski definition) is 2. The summed E-state index contributed by atoms with van der Waals surface area (Å²) in [6, 6.07) is 17.7. The van der Waals surface area contributed by atoms with Gasteiger partial charge in [0.1, 0.15) is 0 Å². The SMILES string of the molecule is O=C(NCc1cccc(NC(=O)c2ccncc2)c1)c1cccc(N2CCCC2=O)c1. The molecule has 1 saturated heterocycles. The molecule has 4 rings (SSSR count). The quantitative estimate of drug-likeness (QED) is 0.647. The molecule has 2 aromatic carbocycles. The first kappa shape index (κ1) is 20.3. The molecule has 0 spiro atoms. The molecule has 0 bridgehead atoms. The van der Waals surface area contributed by atoms with E-state index in [1.165, 1.54) is 0 Å². The predicted octanol–water partition coefficient (Wildman–Crippen LogP) is 3.39. The summed E-state index contributed by atoms with van der Waals surface area (Å²) >= 11 is 0. The van der Waals surface area contributed by atoms with Crippen molar-refractivity contribution in [1.82, 2.24) is 10.3 Å². The molecule has 0 unspecified atom stereocenters. The first-order chi connectivity index (χ1) is 15.1. The number of carbonyl (C=O) groups excluding carboxylic acids is 3. The second kappa shape index (κ2) is 9.21. The third-order valence-corrected chi connectivity index (χ3v) is 5.07. The number of carbonyl (C=O) groups is 3. The van der Waals surface area contributed by atoms with Gasteiger partial charge in [0.05, 0.1) is 0 Å². The van der Waals surface area contributed by atoms with E-state index in [4.69, 9.17) is 0 Å². The minimum absolute atomic E-state index is 0.0863. The minimum atomic E-state index is -0.225. The van der Waals surface area contributed by atoms with Crippen LogP contribution in [0.1, 0.15) is 39.1 Å². The molecule has 1 aromatic heterocycles. The van der Waals surface area contributed by atoms with E-state index in [0.717, 1.165) is 17.7 Å². The molecule has 2 heterocycles. The number of aromatic nitrogens is 1. The van der Waals surface area contributed by atoms with Crippen molar-refractivity contribution in [2.45, 2.75) is 19.4 Å². The zero-order chi connectivity index (χ0) is 21.6. The van der Waals surface area contributed by atoms with E-state index in [0.29, 0.717) is 36.3 Å². The summed E-state index contributed by atoms with van der Waals surface area (Å²) in [5, 5.41) is 5.74. The van der Waals surface area contributed by atoms with Crippen LogP contribution in [0.15, 0.2) is 73.1 Å². The Morgan fingerprint density at radius 3 is 2.52 bits per heavy atom. The highest BCUT2D eigenvalue weighted by Gasteiger charge is 2.22. The summed E-state index contributed by atoms with van der Waals surface area (Å²) in [6.45, 7) is 0.993. The van der Waals surface area contributed by atoms with Gasteiger partial charge in [-0.15, -0.1) is 0 Å². The Labute approximate surface area is 180 Å². The number of nitrogens with one attached hydrogen (secondary N) is 2. The topological polar surface area (TPSA) is 91.4 Å². The second-order valence-corrected chi connectivity index (χ2v) is 7.27. The first-order valence-electron chi connectivity index (χ1n) is 10.1. The highest BCUT2D eigenvalue weighted by atomic mass is 16.2. The Balaban J connectivity index is 1.38. The Morgan fingerprint density at radius 1 is 0.935 bits per heavy atom. The Bertz CT molecular complexity index is 1110. The van der Waals surface area contributed by atoms with Crippen LogP contribution in [0.5, 0.6) is 0 Å². The monoisotopic (exact) mass is 414 g/mol. The first-order valence-corrected chi connectivity index (χ1v) is 10.1. The van der Waals surface area contributed by atoms with Crippen molar-refractivity contribution in [1.29, 1.82) is 0 Å². The molecule has 0 radical (unpaired) electrons. The molecule has 1 aliphatic rings. The standard InChI is InChI=1S/C24H22N4O3/c29-22-8-3-13-28(22)21-7-2-5-19(15-21)23(30)26-16-17-4-1-6-20(14-17)27-24(31)18-9-11-25-12-10-18/h1-2,4-7,9-12,14-15H,3,8,13,16H2,(H,26,30)(H,27,31). The van der Waals surface area contributed by atoms with Gasteiger partial charge in [-0.2, -0.15) is 0 Å². The molecule has 1 fully saturated rings. The van der Waals surface area contributed by atoms with Gasteiger partial charge in [-0.1, -0.05) is 18.2 Å². The van der Waals surface area contributed by atoms with Gasteiger partial charge in [-0.05, 0) is 54.4 Å². The molecule has 0 aliphatic carbocycles. The largest absolute Gasteiger partial charge is 0.348 e. The Kier molecular flexibility index (Phi) is 6.03. The van der Waals surface area contributed by atoms with Crippen LogP contribution in [0.2, 0.25) is 0 Å². The van der Waals surface area contributed by atoms with Crippen LogP contribution in [0.3, 0.4) is 0 Å². The summed E-state index contributed by atoms with van der Waals surface area (Å²) in [4.78, 5) is 42.5. The van der Waals surface area contributed by atoms with Crippen LogP contribution >= 0.6 is 0 Å². The highest BCUT2D eigenvalue weighted by Crippen LogP contribution is 2.22. The number of anilines is 2. The van der Waals surface area contributed by atoms with Crippen molar-refractivity contribution in [3.8, 4) is 0 Å². The molecule has 3 amide bonds. The van der Waals surface area contributed by atoms with Gasteiger partial charge >= 0.3 is 0 Å². The third kappa shape index (κ3) is 4.95. The Hall–Kier alpha value is -4.00. The number of benzene rings is 2. The lowest BCUT2D eigenvalue weighted by Gasteiger charge is -2.16. The molecule has 7 nitrogen and oxygen atoms in total. The molecule has 156 valence electrons. The molecule has 31 heavy (non-hydrogen) atoms. The maximum atomic E-state index is 12.6. The fourth-order valence-electron chi connectivity index (χ4n) is 3.49. The average molecular weight is 414 g/mol. The maximum Gasteiger partial charge on any atom is 0.255 e. The highest BCUT2D eigenvalue weighted by molar-refractivity contribution is 6.04. The molecule has 2 N–H and O–H groups in total. The smallest absolute Gasteiger partial charge is 0.255 e. The van der Waals surface area contributed by atoms with Gasteiger partial charge in [0.25, 0.3) is 11.8 Å². The van der Waals surface area contributed by atoms with Crippen LogP contribution < -0.4 is 15.5 Å². The fourth-order valence-corrected chi connectivity index (χ4v) is 3.49. The summed E-state index contributed by atoms with van der Waals surface area (Å²) in [5.41, 5.74) is 3.26. The number of rotatable bonds is 6. The molecule has 0 atom stereocenters. The fraction of sp³-hybridized carbons (Fsp3) is 0.167. The Morgan fingerprint density at radius 2 is 1.74 bits per heavy atom. The van der Waals surface area contributed by atoms with E-state index in [-0.39, 0.29) is 17.7 Å². The zero-order valence-corrected chi connectivity index (χ0v) is 16.9.